The van der Waals surface area contributed by atoms with E-state index in [4.69, 9.17) is 16.6 Å². The van der Waals surface area contributed by atoms with Gasteiger partial charge in [-0.1, -0.05) is 19.3 Å². The minimum Gasteiger partial charge on any atom is -0.246 e. The molecule has 1 fully saturated rings. The molecule has 1 aliphatic carbocycles. The van der Waals surface area contributed by atoms with Gasteiger partial charge in [0.15, 0.2) is 0 Å². The largest absolute Gasteiger partial charge is 0.246 e. The van der Waals surface area contributed by atoms with E-state index in [0.717, 1.165) is 24.6 Å². The monoisotopic (exact) mass is 243 g/mol. The zero-order valence-electron chi connectivity index (χ0n) is 9.04. The molecule has 1 saturated carbocycles. The molecule has 0 saturated heterocycles. The van der Waals surface area contributed by atoms with Crippen LogP contribution in [0.25, 0.3) is 0 Å². The maximum absolute atomic E-state index is 5.68. The molecule has 2 rings (SSSR count). The molecule has 1 aromatic rings. The molecule has 0 unspecified atom stereocenters. The van der Waals surface area contributed by atoms with Crippen LogP contribution in [-0.4, -0.2) is 10.9 Å². The van der Waals surface area contributed by atoms with Crippen molar-refractivity contribution in [1.82, 2.24) is 4.98 Å². The van der Waals surface area contributed by atoms with E-state index in [9.17, 15) is 0 Å². The third kappa shape index (κ3) is 3.18. The molecule has 15 heavy (non-hydrogen) atoms. The van der Waals surface area contributed by atoms with Crippen LogP contribution in [0.15, 0.2) is 5.38 Å². The lowest BCUT2D eigenvalue weighted by Gasteiger charge is -2.18. The van der Waals surface area contributed by atoms with E-state index in [2.05, 4.69) is 5.38 Å². The predicted molar refractivity (Wildman–Crippen MR) is 67.0 cm³/mol. The van der Waals surface area contributed by atoms with Crippen molar-refractivity contribution in [2.75, 3.05) is 5.88 Å². The van der Waals surface area contributed by atoms with Crippen molar-refractivity contribution in [3.8, 4) is 0 Å². The fourth-order valence-electron chi connectivity index (χ4n) is 2.22. The third-order valence-electron chi connectivity index (χ3n) is 3.09. The number of halogens is 1. The first-order chi connectivity index (χ1) is 7.40. The van der Waals surface area contributed by atoms with Gasteiger partial charge in [-0.05, 0) is 25.7 Å². The van der Waals surface area contributed by atoms with Gasteiger partial charge in [-0.3, -0.25) is 0 Å². The zero-order chi connectivity index (χ0) is 10.5. The Morgan fingerprint density at radius 1 is 1.33 bits per heavy atom. The summed E-state index contributed by atoms with van der Waals surface area (Å²) in [6, 6.07) is 0. The number of thiazole rings is 1. The number of nitrogens with zero attached hydrogens (tertiary/aromatic N) is 1. The van der Waals surface area contributed by atoms with Crippen LogP contribution in [0.5, 0.6) is 0 Å². The van der Waals surface area contributed by atoms with Gasteiger partial charge in [0.1, 0.15) is 0 Å². The summed E-state index contributed by atoms with van der Waals surface area (Å²) in [4.78, 5) is 4.73. The lowest BCUT2D eigenvalue weighted by molar-refractivity contribution is 0.442. The number of hydrogen-bond donors (Lipinski definition) is 0. The number of hydrogen-bond acceptors (Lipinski definition) is 2. The molecule has 84 valence electrons. The van der Waals surface area contributed by atoms with E-state index in [1.807, 2.05) is 11.3 Å². The molecule has 0 bridgehead atoms. The van der Waals surface area contributed by atoms with Crippen molar-refractivity contribution < 1.29 is 0 Å². The molecule has 1 aromatic heterocycles. The van der Waals surface area contributed by atoms with Crippen LogP contribution >= 0.6 is 22.9 Å². The second-order valence-corrected chi connectivity index (χ2v) is 5.57. The van der Waals surface area contributed by atoms with Crippen LogP contribution in [0.3, 0.4) is 0 Å². The van der Waals surface area contributed by atoms with Gasteiger partial charge >= 0.3 is 0 Å². The highest BCUT2D eigenvalue weighted by Crippen LogP contribution is 2.34. The van der Waals surface area contributed by atoms with Gasteiger partial charge in [0.25, 0.3) is 0 Å². The standard InChI is InChI=1S/C12H18ClNS/c13-8-4-7-11-9-15-12(14-11)10-5-2-1-3-6-10/h9-10H,1-8H2. The van der Waals surface area contributed by atoms with E-state index < -0.39 is 0 Å². The first kappa shape index (κ1) is 11.4. The van der Waals surface area contributed by atoms with Crippen LogP contribution < -0.4 is 0 Å². The number of alkyl halides is 1. The maximum atomic E-state index is 5.68. The zero-order valence-corrected chi connectivity index (χ0v) is 10.6. The number of aryl methyl sites for hydroxylation is 1. The van der Waals surface area contributed by atoms with Crippen molar-refractivity contribution in [3.63, 3.8) is 0 Å². The van der Waals surface area contributed by atoms with E-state index in [1.165, 1.54) is 42.8 Å². The van der Waals surface area contributed by atoms with Crippen molar-refractivity contribution in [2.24, 2.45) is 0 Å². The second kappa shape index (κ2) is 5.86. The molecular formula is C12H18ClNS. The SMILES string of the molecule is ClCCCc1csc(C2CCCCC2)n1. The van der Waals surface area contributed by atoms with Gasteiger partial charge in [0.05, 0.1) is 10.7 Å². The first-order valence-corrected chi connectivity index (χ1v) is 7.32. The van der Waals surface area contributed by atoms with Crippen LogP contribution in [-0.2, 0) is 6.42 Å². The van der Waals surface area contributed by atoms with Gasteiger partial charge in [-0.2, -0.15) is 0 Å². The van der Waals surface area contributed by atoms with Gasteiger partial charge in [0, 0.05) is 17.2 Å². The highest BCUT2D eigenvalue weighted by molar-refractivity contribution is 7.09. The highest BCUT2D eigenvalue weighted by Gasteiger charge is 2.18. The second-order valence-electron chi connectivity index (χ2n) is 4.30. The highest BCUT2D eigenvalue weighted by atomic mass is 35.5. The molecule has 0 spiro atoms. The molecule has 3 heteroatoms. The average Bonchev–Trinajstić information content (AvgIpc) is 2.76. The predicted octanol–water partition coefficient (Wildman–Crippen LogP) is 4.36. The molecule has 0 amide bonds. The molecule has 0 radical (unpaired) electrons. The smallest absolute Gasteiger partial charge is 0.0959 e. The van der Waals surface area contributed by atoms with E-state index >= 15 is 0 Å². The van der Waals surface area contributed by atoms with Gasteiger partial charge in [-0.15, -0.1) is 22.9 Å². The Bertz CT molecular complexity index is 292. The van der Waals surface area contributed by atoms with Crippen molar-refractivity contribution >= 4 is 22.9 Å². The molecule has 0 N–H and O–H groups in total. The molecular weight excluding hydrogens is 226 g/mol. The Labute approximate surface area is 101 Å². The fourth-order valence-corrected chi connectivity index (χ4v) is 3.38. The summed E-state index contributed by atoms with van der Waals surface area (Å²) < 4.78 is 0. The van der Waals surface area contributed by atoms with Gasteiger partial charge in [0.2, 0.25) is 0 Å². The normalized spacial score (nSPS) is 18.2. The van der Waals surface area contributed by atoms with Crippen molar-refractivity contribution in [2.45, 2.75) is 50.9 Å². The summed E-state index contributed by atoms with van der Waals surface area (Å²) in [5, 5.41) is 3.59. The molecule has 1 nitrogen and oxygen atoms in total. The minimum absolute atomic E-state index is 0.746. The van der Waals surface area contributed by atoms with Crippen LogP contribution in [0.2, 0.25) is 0 Å². The summed E-state index contributed by atoms with van der Waals surface area (Å²) in [6.45, 7) is 0. The molecule has 1 aliphatic rings. The van der Waals surface area contributed by atoms with E-state index in [1.54, 1.807) is 0 Å². The van der Waals surface area contributed by atoms with Crippen molar-refractivity contribution in [1.29, 1.82) is 0 Å². The Morgan fingerprint density at radius 3 is 2.87 bits per heavy atom. The molecule has 1 heterocycles. The van der Waals surface area contributed by atoms with Crippen molar-refractivity contribution in [3.05, 3.63) is 16.1 Å². The Morgan fingerprint density at radius 2 is 2.13 bits per heavy atom. The summed E-state index contributed by atoms with van der Waals surface area (Å²) in [6.07, 6.45) is 9.00. The Balaban J connectivity index is 1.93. The maximum Gasteiger partial charge on any atom is 0.0959 e. The summed E-state index contributed by atoms with van der Waals surface area (Å²) in [5.41, 5.74) is 1.25. The van der Waals surface area contributed by atoms with Crippen LogP contribution in [0.4, 0.5) is 0 Å². The molecule has 0 atom stereocenters. The quantitative estimate of drug-likeness (QED) is 0.716. The number of rotatable bonds is 4. The summed E-state index contributed by atoms with van der Waals surface area (Å²) in [7, 11) is 0. The third-order valence-corrected chi connectivity index (χ3v) is 4.41. The lowest BCUT2D eigenvalue weighted by Crippen LogP contribution is -2.04. The molecule has 0 aromatic carbocycles. The van der Waals surface area contributed by atoms with E-state index in [-0.39, 0.29) is 0 Å². The first-order valence-electron chi connectivity index (χ1n) is 5.90. The van der Waals surface area contributed by atoms with Crippen LogP contribution in [0.1, 0.15) is 55.1 Å². The Kier molecular flexibility index (Phi) is 4.45. The molecule has 0 aliphatic heterocycles. The van der Waals surface area contributed by atoms with E-state index in [0.29, 0.717) is 0 Å². The fraction of sp³-hybridized carbons (Fsp3) is 0.750. The Hall–Kier alpha value is -0.0800. The lowest BCUT2D eigenvalue weighted by atomic mass is 9.90. The summed E-state index contributed by atoms with van der Waals surface area (Å²) in [5.74, 6) is 1.50. The van der Waals surface area contributed by atoms with Crippen LogP contribution in [0, 0.1) is 0 Å². The number of aromatic nitrogens is 1. The summed E-state index contributed by atoms with van der Waals surface area (Å²) >= 11 is 7.53. The average molecular weight is 244 g/mol. The van der Waals surface area contributed by atoms with Gasteiger partial charge < -0.3 is 0 Å². The topological polar surface area (TPSA) is 12.9 Å². The van der Waals surface area contributed by atoms with Gasteiger partial charge in [-0.25, -0.2) is 4.98 Å². The minimum atomic E-state index is 0.746.